The number of aryl methyl sites for hydroxylation is 1. The van der Waals surface area contributed by atoms with Crippen molar-refractivity contribution in [2.24, 2.45) is 0 Å². The predicted octanol–water partition coefficient (Wildman–Crippen LogP) is 4.62. The Labute approximate surface area is 172 Å². The molecule has 3 rings (SSSR count). The van der Waals surface area contributed by atoms with Gasteiger partial charge in [0, 0.05) is 22.7 Å². The van der Waals surface area contributed by atoms with E-state index in [2.05, 4.69) is 21.2 Å². The largest absolute Gasteiger partial charge is 0.335 e. The maximum atomic E-state index is 12.7. The molecule has 0 radical (unpaired) electrons. The van der Waals surface area contributed by atoms with Crippen molar-refractivity contribution in [3.05, 3.63) is 64.1 Å². The number of nitrogens with one attached hydrogen (secondary N) is 1. The Morgan fingerprint density at radius 1 is 1.15 bits per heavy atom. The summed E-state index contributed by atoms with van der Waals surface area (Å²) in [5.74, 6) is 0.620. The molecule has 1 aliphatic carbocycles. The highest BCUT2D eigenvalue weighted by Gasteiger charge is 2.32. The molecule has 0 atom stereocenters. The molecule has 142 valence electrons. The van der Waals surface area contributed by atoms with E-state index in [1.54, 1.807) is 0 Å². The smallest absolute Gasteiger partial charge is 0.234 e. The zero-order chi connectivity index (χ0) is 19.2. The number of thioether (sulfide) groups is 1. The maximum Gasteiger partial charge on any atom is 0.234 e. The highest BCUT2D eigenvalue weighted by atomic mass is 79.9. The van der Waals surface area contributed by atoms with Crippen LogP contribution < -0.4 is 5.32 Å². The van der Waals surface area contributed by atoms with Crippen molar-refractivity contribution < 1.29 is 9.59 Å². The first-order valence-corrected chi connectivity index (χ1v) is 10.9. The van der Waals surface area contributed by atoms with E-state index in [9.17, 15) is 9.59 Å². The summed E-state index contributed by atoms with van der Waals surface area (Å²) < 4.78 is 1.02. The third-order valence-corrected chi connectivity index (χ3v) is 5.72. The summed E-state index contributed by atoms with van der Waals surface area (Å²) in [6, 6.07) is 16.1. The van der Waals surface area contributed by atoms with Crippen LogP contribution in [0, 0.1) is 6.92 Å². The molecule has 4 nitrogen and oxygen atoms in total. The van der Waals surface area contributed by atoms with Crippen molar-refractivity contribution in [3.63, 3.8) is 0 Å². The van der Waals surface area contributed by atoms with Gasteiger partial charge in [0.05, 0.1) is 11.5 Å². The van der Waals surface area contributed by atoms with Crippen LogP contribution in [0.25, 0.3) is 0 Å². The summed E-state index contributed by atoms with van der Waals surface area (Å²) in [5, 5.41) is 2.88. The lowest BCUT2D eigenvalue weighted by molar-refractivity contribution is -0.129. The van der Waals surface area contributed by atoms with Crippen LogP contribution in [0.5, 0.6) is 0 Å². The molecule has 1 fully saturated rings. The van der Waals surface area contributed by atoms with Gasteiger partial charge in [-0.3, -0.25) is 9.59 Å². The molecule has 0 unspecified atom stereocenters. The molecular weight excluding hydrogens is 424 g/mol. The molecule has 27 heavy (non-hydrogen) atoms. The zero-order valence-electron chi connectivity index (χ0n) is 15.3. The lowest BCUT2D eigenvalue weighted by Gasteiger charge is -2.22. The Hall–Kier alpha value is -1.79. The number of halogens is 1. The molecule has 6 heteroatoms. The normalized spacial score (nSPS) is 13.3. The molecule has 0 heterocycles. The number of carbonyl (C=O) groups excluding carboxylic acids is 2. The SMILES string of the molecule is Cc1cccc(NC(=O)CSCC(=O)N(Cc2cccc(Br)c2)C2CC2)c1. The Morgan fingerprint density at radius 2 is 1.93 bits per heavy atom. The van der Waals surface area contributed by atoms with Crippen LogP contribution in [0.15, 0.2) is 53.0 Å². The van der Waals surface area contributed by atoms with E-state index < -0.39 is 0 Å². The van der Waals surface area contributed by atoms with Crippen molar-refractivity contribution in [1.82, 2.24) is 4.90 Å². The fraction of sp³-hybridized carbons (Fsp3) is 0.333. The van der Waals surface area contributed by atoms with E-state index >= 15 is 0 Å². The van der Waals surface area contributed by atoms with Gasteiger partial charge in [0.2, 0.25) is 11.8 Å². The molecule has 2 amide bonds. The number of nitrogens with zero attached hydrogens (tertiary/aromatic N) is 1. The average molecular weight is 447 g/mol. The van der Waals surface area contributed by atoms with Crippen LogP contribution in [0.2, 0.25) is 0 Å². The van der Waals surface area contributed by atoms with Crippen molar-refractivity contribution >= 4 is 45.2 Å². The van der Waals surface area contributed by atoms with Gasteiger partial charge in [0.15, 0.2) is 0 Å². The zero-order valence-corrected chi connectivity index (χ0v) is 17.7. The van der Waals surface area contributed by atoms with Gasteiger partial charge in [-0.05, 0) is 55.2 Å². The first-order valence-electron chi connectivity index (χ1n) is 8.99. The third-order valence-electron chi connectivity index (χ3n) is 4.31. The van der Waals surface area contributed by atoms with Crippen molar-refractivity contribution in [2.75, 3.05) is 16.8 Å². The highest BCUT2D eigenvalue weighted by Crippen LogP contribution is 2.29. The standard InChI is InChI=1S/C21H23BrN2O2S/c1-15-4-2-7-18(10-15)23-20(25)13-27-14-21(26)24(19-8-9-19)12-16-5-3-6-17(22)11-16/h2-7,10-11,19H,8-9,12-14H2,1H3,(H,23,25). The maximum absolute atomic E-state index is 12.7. The number of rotatable bonds is 8. The molecular formula is C21H23BrN2O2S. The van der Waals surface area contributed by atoms with E-state index in [-0.39, 0.29) is 17.6 Å². The quantitative estimate of drug-likeness (QED) is 0.643. The van der Waals surface area contributed by atoms with Crippen molar-refractivity contribution in [2.45, 2.75) is 32.4 Å². The highest BCUT2D eigenvalue weighted by molar-refractivity contribution is 9.10. The summed E-state index contributed by atoms with van der Waals surface area (Å²) in [6.07, 6.45) is 2.14. The monoisotopic (exact) mass is 446 g/mol. The molecule has 0 spiro atoms. The first-order chi connectivity index (χ1) is 13.0. The van der Waals surface area contributed by atoms with Gasteiger partial charge in [-0.25, -0.2) is 0 Å². The molecule has 0 aromatic heterocycles. The second-order valence-corrected chi connectivity index (χ2v) is 8.69. The minimum Gasteiger partial charge on any atom is -0.335 e. The molecule has 0 saturated heterocycles. The fourth-order valence-electron chi connectivity index (χ4n) is 2.87. The molecule has 0 bridgehead atoms. The van der Waals surface area contributed by atoms with Crippen LogP contribution in [-0.4, -0.2) is 34.3 Å². The lowest BCUT2D eigenvalue weighted by Crippen LogP contribution is -2.34. The predicted molar refractivity (Wildman–Crippen MR) is 115 cm³/mol. The molecule has 1 saturated carbocycles. The number of benzene rings is 2. The number of hydrogen-bond acceptors (Lipinski definition) is 3. The second-order valence-electron chi connectivity index (χ2n) is 6.79. The summed E-state index contributed by atoms with van der Waals surface area (Å²) in [4.78, 5) is 26.7. The van der Waals surface area contributed by atoms with E-state index in [1.165, 1.54) is 11.8 Å². The van der Waals surface area contributed by atoms with Crippen LogP contribution in [0.3, 0.4) is 0 Å². The number of amides is 2. The fourth-order valence-corrected chi connectivity index (χ4v) is 4.02. The van der Waals surface area contributed by atoms with Gasteiger partial charge in [-0.1, -0.05) is 40.2 Å². The van der Waals surface area contributed by atoms with Crippen LogP contribution >= 0.6 is 27.7 Å². The lowest BCUT2D eigenvalue weighted by atomic mass is 10.2. The number of carbonyl (C=O) groups is 2. The Balaban J connectivity index is 1.47. The van der Waals surface area contributed by atoms with Crippen molar-refractivity contribution in [3.8, 4) is 0 Å². The van der Waals surface area contributed by atoms with Gasteiger partial charge >= 0.3 is 0 Å². The van der Waals surface area contributed by atoms with Crippen LogP contribution in [-0.2, 0) is 16.1 Å². The van der Waals surface area contributed by atoms with Crippen LogP contribution in [0.4, 0.5) is 5.69 Å². The van der Waals surface area contributed by atoms with Gasteiger partial charge < -0.3 is 10.2 Å². The van der Waals surface area contributed by atoms with Gasteiger partial charge in [0.1, 0.15) is 0 Å². The van der Waals surface area contributed by atoms with E-state index in [0.717, 1.165) is 34.1 Å². The van der Waals surface area contributed by atoms with E-state index in [0.29, 0.717) is 18.3 Å². The average Bonchev–Trinajstić information content (AvgIpc) is 3.44. The Morgan fingerprint density at radius 3 is 2.63 bits per heavy atom. The molecule has 1 N–H and O–H groups in total. The Bertz CT molecular complexity index is 823. The first kappa shape index (κ1) is 20.0. The summed E-state index contributed by atoms with van der Waals surface area (Å²) in [7, 11) is 0. The minimum absolute atomic E-state index is 0.0802. The Kier molecular flexibility index (Phi) is 6.96. The molecule has 2 aromatic carbocycles. The molecule has 0 aliphatic heterocycles. The topological polar surface area (TPSA) is 49.4 Å². The summed E-state index contributed by atoms with van der Waals surface area (Å²) in [6.45, 7) is 2.61. The van der Waals surface area contributed by atoms with E-state index in [4.69, 9.17) is 0 Å². The third kappa shape index (κ3) is 6.40. The van der Waals surface area contributed by atoms with Crippen molar-refractivity contribution in [1.29, 1.82) is 0 Å². The number of anilines is 1. The molecule has 1 aliphatic rings. The number of hydrogen-bond donors (Lipinski definition) is 1. The molecule has 2 aromatic rings. The summed E-state index contributed by atoms with van der Waals surface area (Å²) >= 11 is 4.85. The van der Waals surface area contributed by atoms with Gasteiger partial charge in [-0.15, -0.1) is 11.8 Å². The van der Waals surface area contributed by atoms with Gasteiger partial charge in [-0.2, -0.15) is 0 Å². The summed E-state index contributed by atoms with van der Waals surface area (Å²) in [5.41, 5.74) is 3.01. The van der Waals surface area contributed by atoms with Gasteiger partial charge in [0.25, 0.3) is 0 Å². The second kappa shape index (κ2) is 9.42. The van der Waals surface area contributed by atoms with Crippen LogP contribution in [0.1, 0.15) is 24.0 Å². The van der Waals surface area contributed by atoms with E-state index in [1.807, 2.05) is 60.4 Å². The minimum atomic E-state index is -0.0802.